The topological polar surface area (TPSA) is 41.5 Å². The van der Waals surface area contributed by atoms with Crippen molar-refractivity contribution in [1.29, 1.82) is 0 Å². The Bertz CT molecular complexity index is 420. The van der Waals surface area contributed by atoms with Crippen LogP contribution in [0.3, 0.4) is 0 Å². The molecule has 2 N–H and O–H groups in total. The van der Waals surface area contributed by atoms with E-state index in [0.717, 1.165) is 56.0 Å². The number of ether oxygens (including phenoxy) is 1. The van der Waals surface area contributed by atoms with E-state index in [-0.39, 0.29) is 12.6 Å². The molecule has 1 aromatic rings. The lowest BCUT2D eigenvalue weighted by Gasteiger charge is -2.15. The van der Waals surface area contributed by atoms with E-state index in [1.54, 1.807) is 0 Å². The van der Waals surface area contributed by atoms with E-state index in [9.17, 15) is 5.11 Å². The normalized spacial score (nSPS) is 12.7. The van der Waals surface area contributed by atoms with Gasteiger partial charge in [-0.2, -0.15) is 0 Å². The summed E-state index contributed by atoms with van der Waals surface area (Å²) in [5.74, 6) is 0.864. The molecule has 1 atom stereocenters. The first-order valence-electron chi connectivity index (χ1n) is 8.64. The highest BCUT2D eigenvalue weighted by molar-refractivity contribution is 6.30. The standard InChI is InChI=1S/C19H30ClNO2/c1-2-3-4-7-14-21-18(16-22)9-6-5-8-15-23-19-12-10-17(20)11-13-19/h4,7,10-13,18,21-22H,2-3,5-6,8-9,14-16H2,1H3/t18-/m0/s1. The number of halogens is 1. The van der Waals surface area contributed by atoms with E-state index in [1.165, 1.54) is 6.42 Å². The molecule has 0 heterocycles. The molecule has 0 spiro atoms. The molecule has 0 aliphatic rings. The van der Waals surface area contributed by atoms with Crippen molar-refractivity contribution in [3.63, 3.8) is 0 Å². The van der Waals surface area contributed by atoms with E-state index >= 15 is 0 Å². The van der Waals surface area contributed by atoms with Gasteiger partial charge in [0.05, 0.1) is 13.2 Å². The largest absolute Gasteiger partial charge is 0.494 e. The monoisotopic (exact) mass is 339 g/mol. The second-order valence-corrected chi connectivity index (χ2v) is 6.14. The number of unbranched alkanes of at least 4 members (excludes halogenated alkanes) is 3. The number of hydrogen-bond donors (Lipinski definition) is 2. The Labute approximate surface area is 145 Å². The van der Waals surface area contributed by atoms with Gasteiger partial charge in [-0.25, -0.2) is 0 Å². The van der Waals surface area contributed by atoms with E-state index in [0.29, 0.717) is 0 Å². The van der Waals surface area contributed by atoms with Gasteiger partial charge in [0, 0.05) is 17.6 Å². The quantitative estimate of drug-likeness (QED) is 0.408. The molecule has 4 heteroatoms. The van der Waals surface area contributed by atoms with Crippen molar-refractivity contribution in [2.24, 2.45) is 0 Å². The fourth-order valence-electron chi connectivity index (χ4n) is 2.25. The number of benzene rings is 1. The fourth-order valence-corrected chi connectivity index (χ4v) is 2.38. The van der Waals surface area contributed by atoms with Crippen molar-refractivity contribution < 1.29 is 9.84 Å². The minimum absolute atomic E-state index is 0.193. The molecule has 0 amide bonds. The first kappa shape index (κ1) is 20.0. The summed E-state index contributed by atoms with van der Waals surface area (Å²) in [6.45, 7) is 3.93. The highest BCUT2D eigenvalue weighted by Crippen LogP contribution is 2.16. The number of allylic oxidation sites excluding steroid dienone is 1. The van der Waals surface area contributed by atoms with Gasteiger partial charge < -0.3 is 15.2 Å². The first-order valence-corrected chi connectivity index (χ1v) is 9.01. The van der Waals surface area contributed by atoms with Crippen LogP contribution in [0, 0.1) is 0 Å². The molecule has 23 heavy (non-hydrogen) atoms. The van der Waals surface area contributed by atoms with Crippen LogP contribution in [0.25, 0.3) is 0 Å². The Morgan fingerprint density at radius 1 is 1.17 bits per heavy atom. The third-order valence-corrected chi connectivity index (χ3v) is 3.90. The van der Waals surface area contributed by atoms with Gasteiger partial charge in [-0.3, -0.25) is 0 Å². The highest BCUT2D eigenvalue weighted by Gasteiger charge is 2.04. The predicted molar refractivity (Wildman–Crippen MR) is 98.3 cm³/mol. The van der Waals surface area contributed by atoms with Crippen LogP contribution in [0.15, 0.2) is 36.4 Å². The van der Waals surface area contributed by atoms with Gasteiger partial charge in [-0.05, 0) is 43.5 Å². The summed E-state index contributed by atoms with van der Waals surface area (Å²) in [4.78, 5) is 0. The lowest BCUT2D eigenvalue weighted by molar-refractivity contribution is 0.234. The maximum atomic E-state index is 9.38. The molecule has 1 aromatic carbocycles. The lowest BCUT2D eigenvalue weighted by Crippen LogP contribution is -2.32. The molecule has 0 saturated heterocycles. The van der Waals surface area contributed by atoms with Crippen molar-refractivity contribution in [2.75, 3.05) is 19.8 Å². The Morgan fingerprint density at radius 2 is 1.96 bits per heavy atom. The van der Waals surface area contributed by atoms with Crippen molar-refractivity contribution in [3.8, 4) is 5.75 Å². The Hall–Kier alpha value is -1.03. The summed E-state index contributed by atoms with van der Waals surface area (Å²) in [6, 6.07) is 7.64. The average Bonchev–Trinajstić information content (AvgIpc) is 2.57. The number of aliphatic hydroxyl groups is 1. The van der Waals surface area contributed by atoms with Gasteiger partial charge in [-0.15, -0.1) is 0 Å². The molecule has 3 nitrogen and oxygen atoms in total. The molecule has 0 unspecified atom stereocenters. The molecule has 0 fully saturated rings. The molecule has 0 radical (unpaired) electrons. The number of nitrogens with one attached hydrogen (secondary N) is 1. The second kappa shape index (κ2) is 13.4. The average molecular weight is 340 g/mol. The van der Waals surface area contributed by atoms with Crippen LogP contribution in [0.4, 0.5) is 0 Å². The zero-order valence-electron chi connectivity index (χ0n) is 14.1. The van der Waals surface area contributed by atoms with Crippen LogP contribution in [-0.2, 0) is 0 Å². The number of rotatable bonds is 13. The van der Waals surface area contributed by atoms with Gasteiger partial charge in [0.25, 0.3) is 0 Å². The summed E-state index contributed by atoms with van der Waals surface area (Å²) in [6.07, 6.45) is 10.9. The predicted octanol–water partition coefficient (Wildman–Crippen LogP) is 4.59. The third-order valence-electron chi connectivity index (χ3n) is 3.65. The summed E-state index contributed by atoms with van der Waals surface area (Å²) in [5, 5.41) is 13.5. The van der Waals surface area contributed by atoms with Crippen molar-refractivity contribution >= 4 is 11.6 Å². The SMILES string of the molecule is CCCC=CCN[C@H](CO)CCCCCOc1ccc(Cl)cc1. The van der Waals surface area contributed by atoms with Crippen LogP contribution < -0.4 is 10.1 Å². The van der Waals surface area contributed by atoms with Crippen LogP contribution in [0.2, 0.25) is 5.02 Å². The second-order valence-electron chi connectivity index (χ2n) is 5.70. The van der Waals surface area contributed by atoms with Crippen LogP contribution in [-0.4, -0.2) is 30.9 Å². The molecule has 0 aromatic heterocycles. The first-order chi connectivity index (χ1) is 11.3. The molecule has 130 valence electrons. The Kier molecular flexibility index (Phi) is 11.7. The maximum Gasteiger partial charge on any atom is 0.119 e. The van der Waals surface area contributed by atoms with Gasteiger partial charge in [0.2, 0.25) is 0 Å². The van der Waals surface area contributed by atoms with E-state index < -0.39 is 0 Å². The molecule has 1 rings (SSSR count). The van der Waals surface area contributed by atoms with Gasteiger partial charge >= 0.3 is 0 Å². The number of hydrogen-bond acceptors (Lipinski definition) is 3. The molecular formula is C19H30ClNO2. The van der Waals surface area contributed by atoms with Crippen molar-refractivity contribution in [2.45, 2.75) is 51.5 Å². The fraction of sp³-hybridized carbons (Fsp3) is 0.579. The molecule has 0 saturated carbocycles. The highest BCUT2D eigenvalue weighted by atomic mass is 35.5. The van der Waals surface area contributed by atoms with E-state index in [1.807, 2.05) is 24.3 Å². The number of aliphatic hydroxyl groups excluding tert-OH is 1. The summed E-state index contributed by atoms with van der Waals surface area (Å²) < 4.78 is 5.66. The van der Waals surface area contributed by atoms with Crippen LogP contribution in [0.5, 0.6) is 5.75 Å². The van der Waals surface area contributed by atoms with Crippen molar-refractivity contribution in [1.82, 2.24) is 5.32 Å². The van der Waals surface area contributed by atoms with Crippen LogP contribution >= 0.6 is 11.6 Å². The molecule has 0 bridgehead atoms. The lowest BCUT2D eigenvalue weighted by atomic mass is 10.1. The third kappa shape index (κ3) is 10.4. The Balaban J connectivity index is 2.02. The maximum absolute atomic E-state index is 9.38. The van der Waals surface area contributed by atoms with Crippen LogP contribution in [0.1, 0.15) is 45.4 Å². The molecule has 0 aliphatic heterocycles. The van der Waals surface area contributed by atoms with E-state index in [4.69, 9.17) is 16.3 Å². The smallest absolute Gasteiger partial charge is 0.119 e. The summed E-state index contributed by atoms with van der Waals surface area (Å²) >= 11 is 5.83. The summed E-state index contributed by atoms with van der Waals surface area (Å²) in [7, 11) is 0. The molecule has 0 aliphatic carbocycles. The minimum Gasteiger partial charge on any atom is -0.494 e. The molecular weight excluding hydrogens is 310 g/mol. The Morgan fingerprint density at radius 3 is 2.65 bits per heavy atom. The zero-order valence-corrected chi connectivity index (χ0v) is 14.9. The van der Waals surface area contributed by atoms with Gasteiger partial charge in [0.15, 0.2) is 0 Å². The van der Waals surface area contributed by atoms with Crippen molar-refractivity contribution in [3.05, 3.63) is 41.4 Å². The van der Waals surface area contributed by atoms with Gasteiger partial charge in [0.1, 0.15) is 5.75 Å². The minimum atomic E-state index is 0.193. The van der Waals surface area contributed by atoms with E-state index in [2.05, 4.69) is 24.4 Å². The van der Waals surface area contributed by atoms with Gasteiger partial charge in [-0.1, -0.05) is 49.9 Å². The summed E-state index contributed by atoms with van der Waals surface area (Å²) in [5.41, 5.74) is 0. The zero-order chi connectivity index (χ0) is 16.8.